The van der Waals surface area contributed by atoms with Crippen molar-refractivity contribution in [2.24, 2.45) is 10.9 Å². The molecule has 4 rings (SSSR count). The van der Waals surface area contributed by atoms with Crippen LogP contribution >= 0.6 is 0 Å². The smallest absolute Gasteiger partial charge is 0.191 e. The number of fused-ring (bicyclic) bond motifs is 1. The molecule has 0 aromatic heterocycles. The Hall–Kier alpha value is -2.73. The minimum Gasteiger partial charge on any atom is -0.493 e. The molecular formula is C26H35N3O3. The molecule has 2 aliphatic rings. The first kappa shape index (κ1) is 22.5. The van der Waals surface area contributed by atoms with Crippen molar-refractivity contribution in [1.82, 2.24) is 10.6 Å². The lowest BCUT2D eigenvalue weighted by Gasteiger charge is -2.15. The van der Waals surface area contributed by atoms with E-state index in [1.165, 1.54) is 16.7 Å². The predicted molar refractivity (Wildman–Crippen MR) is 128 cm³/mol. The van der Waals surface area contributed by atoms with E-state index >= 15 is 0 Å². The Morgan fingerprint density at radius 1 is 1.16 bits per heavy atom. The highest BCUT2D eigenvalue weighted by Crippen LogP contribution is 2.26. The average molecular weight is 438 g/mol. The maximum Gasteiger partial charge on any atom is 0.191 e. The number of nitrogens with one attached hydrogen (secondary N) is 2. The zero-order valence-electron chi connectivity index (χ0n) is 19.3. The van der Waals surface area contributed by atoms with E-state index in [4.69, 9.17) is 19.2 Å². The Balaban J connectivity index is 1.34. The molecule has 2 aromatic carbocycles. The van der Waals surface area contributed by atoms with Crippen molar-refractivity contribution in [2.75, 3.05) is 39.5 Å². The fourth-order valence-electron chi connectivity index (χ4n) is 4.08. The van der Waals surface area contributed by atoms with E-state index in [1.54, 1.807) is 0 Å². The van der Waals surface area contributed by atoms with Gasteiger partial charge < -0.3 is 24.8 Å². The summed E-state index contributed by atoms with van der Waals surface area (Å²) in [4.78, 5) is 4.81. The molecule has 2 aromatic rings. The second-order valence-electron chi connectivity index (χ2n) is 8.56. The van der Waals surface area contributed by atoms with Crippen LogP contribution in [-0.4, -0.2) is 45.5 Å². The molecule has 172 valence electrons. The van der Waals surface area contributed by atoms with Crippen LogP contribution in [0.25, 0.3) is 0 Å². The highest BCUT2D eigenvalue weighted by atomic mass is 16.5. The number of guanidine groups is 1. The lowest BCUT2D eigenvalue weighted by atomic mass is 10.1. The van der Waals surface area contributed by atoms with Crippen LogP contribution in [0.15, 0.2) is 41.4 Å². The van der Waals surface area contributed by atoms with Gasteiger partial charge in [0, 0.05) is 37.6 Å². The van der Waals surface area contributed by atoms with Crippen LogP contribution in [0.2, 0.25) is 0 Å². The summed E-state index contributed by atoms with van der Waals surface area (Å²) in [6.45, 7) is 9.53. The number of aryl methyl sites for hydroxylation is 1. The summed E-state index contributed by atoms with van der Waals surface area (Å²) in [5.41, 5.74) is 4.94. The number of ether oxygens (including phenoxy) is 3. The molecule has 0 spiro atoms. The molecule has 0 saturated carbocycles. The Kier molecular flexibility index (Phi) is 7.88. The second kappa shape index (κ2) is 11.2. The standard InChI is InChI=1S/C26H35N3O3/c1-3-27-26(28-11-8-20-5-7-24-22(15-20)10-13-31-24)29-16-23-6-4-19(2)14-25(23)32-18-21-9-12-30-17-21/h4-7,14-15,21H,3,8-13,16-18H2,1-2H3,(H2,27,28,29). The molecule has 1 atom stereocenters. The first-order valence-electron chi connectivity index (χ1n) is 11.8. The quantitative estimate of drug-likeness (QED) is 0.463. The van der Waals surface area contributed by atoms with Gasteiger partial charge in [0.25, 0.3) is 0 Å². The van der Waals surface area contributed by atoms with Crippen LogP contribution in [-0.2, 0) is 24.1 Å². The Labute approximate surface area is 191 Å². The summed E-state index contributed by atoms with van der Waals surface area (Å²) in [6, 6.07) is 12.9. The second-order valence-corrected chi connectivity index (χ2v) is 8.56. The van der Waals surface area contributed by atoms with Gasteiger partial charge in [-0.15, -0.1) is 0 Å². The average Bonchev–Trinajstić information content (AvgIpc) is 3.48. The van der Waals surface area contributed by atoms with Crippen LogP contribution in [0, 0.1) is 12.8 Å². The Morgan fingerprint density at radius 2 is 2.09 bits per heavy atom. The number of rotatable bonds is 9. The molecule has 2 aliphatic heterocycles. The third-order valence-electron chi connectivity index (χ3n) is 5.93. The molecule has 0 amide bonds. The van der Waals surface area contributed by atoms with E-state index in [9.17, 15) is 0 Å². The Morgan fingerprint density at radius 3 is 2.94 bits per heavy atom. The summed E-state index contributed by atoms with van der Waals surface area (Å²) in [5, 5.41) is 6.81. The van der Waals surface area contributed by atoms with E-state index < -0.39 is 0 Å². The summed E-state index contributed by atoms with van der Waals surface area (Å²) >= 11 is 0. The van der Waals surface area contributed by atoms with E-state index in [0.29, 0.717) is 19.1 Å². The van der Waals surface area contributed by atoms with E-state index in [0.717, 1.165) is 75.2 Å². The fraction of sp³-hybridized carbons (Fsp3) is 0.500. The van der Waals surface area contributed by atoms with E-state index in [-0.39, 0.29) is 0 Å². The highest BCUT2D eigenvalue weighted by molar-refractivity contribution is 5.79. The van der Waals surface area contributed by atoms with Gasteiger partial charge in [-0.2, -0.15) is 0 Å². The van der Waals surface area contributed by atoms with Crippen LogP contribution in [0.3, 0.4) is 0 Å². The number of nitrogens with zero attached hydrogens (tertiary/aromatic N) is 1. The molecule has 6 heteroatoms. The van der Waals surface area contributed by atoms with Crippen molar-refractivity contribution in [3.8, 4) is 11.5 Å². The highest BCUT2D eigenvalue weighted by Gasteiger charge is 2.17. The third kappa shape index (κ3) is 6.16. The normalized spacial score (nSPS) is 17.7. The minimum absolute atomic E-state index is 0.483. The molecule has 2 heterocycles. The molecule has 2 N–H and O–H groups in total. The van der Waals surface area contributed by atoms with Crippen molar-refractivity contribution < 1.29 is 14.2 Å². The predicted octanol–water partition coefficient (Wildman–Crippen LogP) is 3.64. The molecule has 1 fully saturated rings. The molecule has 0 radical (unpaired) electrons. The number of hydrogen-bond donors (Lipinski definition) is 2. The van der Waals surface area contributed by atoms with Crippen LogP contribution in [0.1, 0.15) is 35.6 Å². The lowest BCUT2D eigenvalue weighted by Crippen LogP contribution is -2.38. The molecule has 1 saturated heterocycles. The molecule has 32 heavy (non-hydrogen) atoms. The maximum absolute atomic E-state index is 6.17. The monoisotopic (exact) mass is 437 g/mol. The van der Waals surface area contributed by atoms with Gasteiger partial charge in [-0.25, -0.2) is 4.99 Å². The first-order chi connectivity index (χ1) is 15.7. The van der Waals surface area contributed by atoms with Gasteiger partial charge in [0.2, 0.25) is 0 Å². The van der Waals surface area contributed by atoms with Crippen molar-refractivity contribution >= 4 is 5.96 Å². The Bertz CT molecular complexity index is 923. The molecule has 0 aliphatic carbocycles. The lowest BCUT2D eigenvalue weighted by molar-refractivity contribution is 0.166. The maximum atomic E-state index is 6.17. The van der Waals surface area contributed by atoms with Crippen molar-refractivity contribution in [2.45, 2.75) is 39.7 Å². The number of aliphatic imine (C=N–C) groups is 1. The SMILES string of the molecule is CCNC(=NCc1ccc(C)cc1OCC1CCOC1)NCCc1ccc2c(c1)CCO2. The number of benzene rings is 2. The van der Waals surface area contributed by atoms with Crippen molar-refractivity contribution in [3.63, 3.8) is 0 Å². The third-order valence-corrected chi connectivity index (χ3v) is 5.93. The van der Waals surface area contributed by atoms with Gasteiger partial charge in [-0.05, 0) is 55.5 Å². The van der Waals surface area contributed by atoms with Gasteiger partial charge in [-0.1, -0.05) is 24.3 Å². The van der Waals surface area contributed by atoms with Crippen molar-refractivity contribution in [1.29, 1.82) is 0 Å². The van der Waals surface area contributed by atoms with Gasteiger partial charge in [0.05, 0.1) is 26.4 Å². The molecule has 1 unspecified atom stereocenters. The zero-order valence-corrected chi connectivity index (χ0v) is 19.3. The summed E-state index contributed by atoms with van der Waals surface area (Å²) in [6.07, 6.45) is 3.03. The largest absolute Gasteiger partial charge is 0.493 e. The molecule has 0 bridgehead atoms. The van der Waals surface area contributed by atoms with Crippen LogP contribution < -0.4 is 20.1 Å². The van der Waals surface area contributed by atoms with Gasteiger partial charge in [0.1, 0.15) is 11.5 Å². The van der Waals surface area contributed by atoms with Gasteiger partial charge >= 0.3 is 0 Å². The van der Waals surface area contributed by atoms with E-state index in [1.807, 2.05) is 0 Å². The van der Waals surface area contributed by atoms with Crippen LogP contribution in [0.4, 0.5) is 0 Å². The van der Waals surface area contributed by atoms with E-state index in [2.05, 4.69) is 60.9 Å². The first-order valence-corrected chi connectivity index (χ1v) is 11.8. The summed E-state index contributed by atoms with van der Waals surface area (Å²) in [5.74, 6) is 3.27. The zero-order chi connectivity index (χ0) is 22.2. The number of hydrogen-bond acceptors (Lipinski definition) is 4. The van der Waals surface area contributed by atoms with Gasteiger partial charge in [0.15, 0.2) is 5.96 Å². The van der Waals surface area contributed by atoms with Gasteiger partial charge in [-0.3, -0.25) is 0 Å². The summed E-state index contributed by atoms with van der Waals surface area (Å²) in [7, 11) is 0. The van der Waals surface area contributed by atoms with Crippen molar-refractivity contribution in [3.05, 3.63) is 58.7 Å². The fourth-order valence-corrected chi connectivity index (χ4v) is 4.08. The molecular weight excluding hydrogens is 402 g/mol. The molecule has 6 nitrogen and oxygen atoms in total. The minimum atomic E-state index is 0.483. The topological polar surface area (TPSA) is 64.1 Å². The summed E-state index contributed by atoms with van der Waals surface area (Å²) < 4.78 is 17.2. The van der Waals surface area contributed by atoms with Crippen LogP contribution in [0.5, 0.6) is 11.5 Å².